The molecule has 1 amide bonds. The Morgan fingerprint density at radius 3 is 2.29 bits per heavy atom. The van der Waals surface area contributed by atoms with Crippen molar-refractivity contribution in [3.63, 3.8) is 0 Å². The van der Waals surface area contributed by atoms with Crippen LogP contribution >= 0.6 is 47.8 Å². The number of pyridine rings is 1. The number of halogens is 3. The summed E-state index contributed by atoms with van der Waals surface area (Å²) in [5.41, 5.74) is 0.581. The molecule has 0 atom stereocenters. The van der Waals surface area contributed by atoms with E-state index in [1.165, 1.54) is 18.3 Å². The van der Waals surface area contributed by atoms with Crippen LogP contribution in [0.1, 0.15) is 20.8 Å². The summed E-state index contributed by atoms with van der Waals surface area (Å²) in [5, 5.41) is 11.6. The fraction of sp³-hybridized carbons (Fsp3) is 0. The Labute approximate surface area is 145 Å². The Bertz CT molecular complexity index is 711. The molecule has 0 unspecified atom stereocenters. The molecule has 0 fully saturated rings. The second-order valence-corrected chi connectivity index (χ2v) is 6.56. The number of carboxylic acids is 1. The minimum Gasteiger partial charge on any atom is -0.477 e. The lowest BCUT2D eigenvalue weighted by Crippen LogP contribution is -2.14. The molecule has 0 bridgehead atoms. The first-order chi connectivity index (χ1) is 9.88. The number of aromatic nitrogens is 1. The van der Waals surface area contributed by atoms with Crippen molar-refractivity contribution in [2.45, 2.75) is 0 Å². The third-order valence-electron chi connectivity index (χ3n) is 2.49. The van der Waals surface area contributed by atoms with Crippen LogP contribution in [0.25, 0.3) is 0 Å². The number of amides is 1. The summed E-state index contributed by atoms with van der Waals surface area (Å²) in [6.07, 6.45) is 1.28. The highest BCUT2D eigenvalue weighted by Gasteiger charge is 2.14. The number of carboxylic acid groups (broad SMARTS) is 1. The van der Waals surface area contributed by atoms with Crippen LogP contribution in [0, 0.1) is 0 Å². The highest BCUT2D eigenvalue weighted by atomic mass is 79.9. The zero-order chi connectivity index (χ0) is 15.6. The van der Waals surface area contributed by atoms with Crippen molar-refractivity contribution in [1.82, 2.24) is 4.98 Å². The van der Waals surface area contributed by atoms with E-state index < -0.39 is 11.9 Å². The van der Waals surface area contributed by atoms with Crippen LogP contribution in [-0.2, 0) is 0 Å². The molecule has 1 aromatic heterocycles. The van der Waals surface area contributed by atoms with E-state index >= 15 is 0 Å². The number of hydrogen-bond donors (Lipinski definition) is 2. The van der Waals surface area contributed by atoms with Crippen LogP contribution in [0.2, 0.25) is 0 Å². The lowest BCUT2D eigenvalue weighted by molar-refractivity contribution is 0.0690. The first kappa shape index (κ1) is 16.1. The number of nitrogens with one attached hydrogen (secondary N) is 1. The summed E-state index contributed by atoms with van der Waals surface area (Å²) in [6, 6.07) is 6.24. The maximum atomic E-state index is 12.2. The molecule has 0 aliphatic carbocycles. The molecule has 21 heavy (non-hydrogen) atoms. The Hall–Kier alpha value is -1.25. The predicted octanol–water partition coefficient (Wildman–Crippen LogP) is 4.32. The van der Waals surface area contributed by atoms with E-state index in [0.717, 1.165) is 4.47 Å². The smallest absolute Gasteiger partial charge is 0.354 e. The van der Waals surface area contributed by atoms with Crippen LogP contribution in [0.4, 0.5) is 5.69 Å². The summed E-state index contributed by atoms with van der Waals surface area (Å²) in [5.74, 6) is -1.61. The number of nitrogens with zero attached hydrogens (tertiary/aromatic N) is 1. The molecule has 0 saturated heterocycles. The highest BCUT2D eigenvalue weighted by Crippen LogP contribution is 2.34. The molecule has 0 spiro atoms. The topological polar surface area (TPSA) is 79.3 Å². The second-order valence-electron chi connectivity index (χ2n) is 3.93. The highest BCUT2D eigenvalue weighted by molar-refractivity contribution is 9.11. The Morgan fingerprint density at radius 2 is 1.71 bits per heavy atom. The SMILES string of the molecule is O=C(Nc1c(Br)cc(Br)cc1Br)c1ccnc(C(=O)O)c1. The second kappa shape index (κ2) is 6.67. The van der Waals surface area contributed by atoms with Gasteiger partial charge in [0.25, 0.3) is 5.91 Å². The first-order valence-corrected chi connectivity index (χ1v) is 7.91. The largest absolute Gasteiger partial charge is 0.477 e. The maximum absolute atomic E-state index is 12.2. The summed E-state index contributed by atoms with van der Waals surface area (Å²) in [4.78, 5) is 26.7. The van der Waals surface area contributed by atoms with E-state index in [4.69, 9.17) is 5.11 Å². The number of rotatable bonds is 3. The zero-order valence-corrected chi connectivity index (χ0v) is 15.0. The average Bonchev–Trinajstić information content (AvgIpc) is 2.42. The molecular formula is C13H7Br3N2O3. The molecule has 108 valence electrons. The van der Waals surface area contributed by atoms with Crippen molar-refractivity contribution in [1.29, 1.82) is 0 Å². The summed E-state index contributed by atoms with van der Waals surface area (Å²) >= 11 is 10.0. The monoisotopic (exact) mass is 476 g/mol. The van der Waals surface area contributed by atoms with Crippen LogP contribution in [0.3, 0.4) is 0 Å². The Kier molecular flexibility index (Phi) is 5.13. The Morgan fingerprint density at radius 1 is 1.10 bits per heavy atom. The zero-order valence-electron chi connectivity index (χ0n) is 10.2. The van der Waals surface area contributed by atoms with E-state index in [-0.39, 0.29) is 11.3 Å². The molecule has 2 aromatic rings. The van der Waals surface area contributed by atoms with Crippen LogP contribution in [0.15, 0.2) is 43.9 Å². The van der Waals surface area contributed by atoms with Crippen molar-refractivity contribution < 1.29 is 14.7 Å². The summed E-state index contributed by atoms with van der Waals surface area (Å²) < 4.78 is 2.21. The fourth-order valence-corrected chi connectivity index (χ4v) is 3.99. The number of aromatic carboxylic acids is 1. The first-order valence-electron chi connectivity index (χ1n) is 5.53. The molecule has 5 nitrogen and oxygen atoms in total. The number of anilines is 1. The van der Waals surface area contributed by atoms with Gasteiger partial charge in [0.1, 0.15) is 5.69 Å². The third kappa shape index (κ3) is 3.90. The molecule has 2 N–H and O–H groups in total. The van der Waals surface area contributed by atoms with E-state index in [1.807, 2.05) is 0 Å². The van der Waals surface area contributed by atoms with Gasteiger partial charge in [-0.25, -0.2) is 9.78 Å². The molecule has 2 rings (SSSR count). The van der Waals surface area contributed by atoms with Gasteiger partial charge in [-0.15, -0.1) is 0 Å². The Balaban J connectivity index is 2.30. The normalized spacial score (nSPS) is 10.2. The minimum absolute atomic E-state index is 0.184. The lowest BCUT2D eigenvalue weighted by Gasteiger charge is -2.10. The van der Waals surface area contributed by atoms with E-state index in [1.54, 1.807) is 12.1 Å². The van der Waals surface area contributed by atoms with Gasteiger partial charge >= 0.3 is 5.97 Å². The van der Waals surface area contributed by atoms with E-state index in [9.17, 15) is 9.59 Å². The molecule has 1 heterocycles. The summed E-state index contributed by atoms with van der Waals surface area (Å²) in [6.45, 7) is 0. The predicted molar refractivity (Wildman–Crippen MR) is 88.7 cm³/mol. The van der Waals surface area contributed by atoms with Gasteiger partial charge in [-0.1, -0.05) is 15.9 Å². The molecule has 0 radical (unpaired) electrons. The van der Waals surface area contributed by atoms with E-state index in [0.29, 0.717) is 14.6 Å². The molecule has 8 heteroatoms. The van der Waals surface area contributed by atoms with Crippen molar-refractivity contribution in [3.05, 3.63) is 55.1 Å². The standard InChI is InChI=1S/C13H7Br3N2O3/c14-7-4-8(15)11(9(16)5-7)18-12(19)6-1-2-17-10(3-6)13(20)21/h1-5H,(H,18,19)(H,20,21). The fourth-order valence-electron chi connectivity index (χ4n) is 1.54. The minimum atomic E-state index is -1.18. The molecule has 0 aliphatic heterocycles. The lowest BCUT2D eigenvalue weighted by atomic mass is 10.2. The van der Waals surface area contributed by atoms with E-state index in [2.05, 4.69) is 58.1 Å². The van der Waals surface area contributed by atoms with Gasteiger partial charge < -0.3 is 10.4 Å². The number of carbonyl (C=O) groups excluding carboxylic acids is 1. The van der Waals surface area contributed by atoms with Gasteiger partial charge in [-0.05, 0) is 56.1 Å². The summed E-state index contributed by atoms with van der Waals surface area (Å²) in [7, 11) is 0. The van der Waals surface area contributed by atoms with Gasteiger partial charge in [-0.3, -0.25) is 4.79 Å². The molecule has 0 aliphatic rings. The van der Waals surface area contributed by atoms with Crippen molar-refractivity contribution in [3.8, 4) is 0 Å². The van der Waals surface area contributed by atoms with Gasteiger partial charge in [-0.2, -0.15) is 0 Å². The molecule has 0 saturated carbocycles. The quantitative estimate of drug-likeness (QED) is 0.688. The van der Waals surface area contributed by atoms with Crippen LogP contribution in [-0.4, -0.2) is 22.0 Å². The van der Waals surface area contributed by atoms with Crippen LogP contribution in [0.5, 0.6) is 0 Å². The number of hydrogen-bond acceptors (Lipinski definition) is 3. The third-order valence-corrected chi connectivity index (χ3v) is 4.20. The molecule has 1 aromatic carbocycles. The van der Waals surface area contributed by atoms with Crippen LogP contribution < -0.4 is 5.32 Å². The van der Waals surface area contributed by atoms with Crippen molar-refractivity contribution in [2.24, 2.45) is 0 Å². The van der Waals surface area contributed by atoms with Gasteiger partial charge in [0.2, 0.25) is 0 Å². The number of benzene rings is 1. The number of carbonyl (C=O) groups is 2. The van der Waals surface area contributed by atoms with Gasteiger partial charge in [0, 0.05) is 25.2 Å². The maximum Gasteiger partial charge on any atom is 0.354 e. The van der Waals surface area contributed by atoms with Crippen molar-refractivity contribution >= 4 is 65.4 Å². The molecular weight excluding hydrogens is 472 g/mol. The van der Waals surface area contributed by atoms with Gasteiger partial charge in [0.05, 0.1) is 5.69 Å². The van der Waals surface area contributed by atoms with Gasteiger partial charge in [0.15, 0.2) is 0 Å². The van der Waals surface area contributed by atoms with Crippen molar-refractivity contribution in [2.75, 3.05) is 5.32 Å². The average molecular weight is 479 g/mol.